The Morgan fingerprint density at radius 1 is 1.43 bits per heavy atom. The van der Waals surface area contributed by atoms with E-state index in [-0.39, 0.29) is 11.5 Å². The van der Waals surface area contributed by atoms with Gasteiger partial charge < -0.3 is 9.67 Å². The van der Waals surface area contributed by atoms with Crippen LogP contribution in [-0.4, -0.2) is 41.2 Å². The highest BCUT2D eigenvalue weighted by atomic mass is 32.2. The molecule has 0 radical (unpaired) electrons. The van der Waals surface area contributed by atoms with E-state index in [0.717, 1.165) is 0 Å². The lowest BCUT2D eigenvalue weighted by Crippen LogP contribution is -2.40. The van der Waals surface area contributed by atoms with Crippen LogP contribution in [0.4, 0.5) is 13.2 Å². The highest BCUT2D eigenvalue weighted by Gasteiger charge is 2.45. The number of hydrogen-bond acceptors (Lipinski definition) is 3. The van der Waals surface area contributed by atoms with Crippen molar-refractivity contribution in [2.75, 3.05) is 6.54 Å². The smallest absolute Gasteiger partial charge is 0.390 e. The van der Waals surface area contributed by atoms with Crippen molar-refractivity contribution in [2.24, 2.45) is 0 Å². The van der Waals surface area contributed by atoms with Crippen LogP contribution >= 0.6 is 0 Å². The van der Waals surface area contributed by atoms with E-state index in [2.05, 4.69) is 0 Å². The number of alkyl halides is 3. The lowest BCUT2D eigenvalue weighted by Gasteiger charge is -2.22. The quantitative estimate of drug-likeness (QED) is 0.866. The molecule has 0 spiro atoms. The molecule has 120 valence electrons. The zero-order chi connectivity index (χ0) is 15.8. The van der Waals surface area contributed by atoms with Gasteiger partial charge in [0.1, 0.15) is 11.4 Å². The van der Waals surface area contributed by atoms with Crippen LogP contribution in [-0.2, 0) is 23.2 Å². The molecule has 1 aromatic rings. The maximum atomic E-state index is 12.6. The Balaban J connectivity index is 2.36. The van der Waals surface area contributed by atoms with Gasteiger partial charge in [-0.25, -0.2) is 8.42 Å². The van der Waals surface area contributed by atoms with E-state index >= 15 is 0 Å². The Morgan fingerprint density at radius 2 is 2.05 bits per heavy atom. The molecule has 1 aliphatic rings. The molecule has 1 N–H and O–H groups in total. The van der Waals surface area contributed by atoms with Gasteiger partial charge in [-0.1, -0.05) is 0 Å². The van der Waals surface area contributed by atoms with Crippen LogP contribution in [0.1, 0.15) is 25.5 Å². The van der Waals surface area contributed by atoms with E-state index < -0.39 is 28.8 Å². The summed E-state index contributed by atoms with van der Waals surface area (Å²) in [6.45, 7) is 0.329. The van der Waals surface area contributed by atoms with Crippen molar-refractivity contribution >= 4 is 10.0 Å². The first-order chi connectivity index (χ1) is 9.69. The van der Waals surface area contributed by atoms with E-state index in [1.54, 1.807) is 6.92 Å². The Hall–Kier alpha value is -1.06. The maximum absolute atomic E-state index is 12.6. The second-order valence-electron chi connectivity index (χ2n) is 5.01. The summed E-state index contributed by atoms with van der Waals surface area (Å²) in [7, 11) is -4.21. The van der Waals surface area contributed by atoms with E-state index in [1.807, 2.05) is 0 Å². The third-order valence-corrected chi connectivity index (χ3v) is 5.22. The molecule has 0 unspecified atom stereocenters. The molecule has 0 atom stereocenters. The Labute approximate surface area is 121 Å². The van der Waals surface area contributed by atoms with Crippen molar-refractivity contribution < 1.29 is 26.7 Å². The average molecular weight is 326 g/mol. The van der Waals surface area contributed by atoms with Crippen molar-refractivity contribution in [2.45, 2.75) is 50.0 Å². The molecule has 0 amide bonds. The normalized spacial score (nSPS) is 16.7. The zero-order valence-corrected chi connectivity index (χ0v) is 12.3. The van der Waals surface area contributed by atoms with Crippen molar-refractivity contribution in [3.63, 3.8) is 0 Å². The van der Waals surface area contributed by atoms with Gasteiger partial charge in [0.25, 0.3) is 0 Å². The zero-order valence-electron chi connectivity index (χ0n) is 11.5. The fourth-order valence-corrected chi connectivity index (χ4v) is 3.91. The Bertz CT molecular complexity index is 584. The second kappa shape index (κ2) is 5.62. The Morgan fingerprint density at radius 3 is 2.43 bits per heavy atom. The first-order valence-electron chi connectivity index (χ1n) is 6.57. The number of aryl methyl sites for hydroxylation is 1. The van der Waals surface area contributed by atoms with Crippen molar-refractivity contribution in [3.05, 3.63) is 18.0 Å². The summed E-state index contributed by atoms with van der Waals surface area (Å²) in [6.07, 6.45) is -2.43. The minimum atomic E-state index is -4.58. The second-order valence-corrected chi connectivity index (χ2v) is 6.90. The molecule has 2 rings (SSSR count). The molecule has 1 aliphatic carbocycles. The number of hydrogen-bond donors (Lipinski definition) is 1. The first-order valence-corrected chi connectivity index (χ1v) is 8.01. The SMILES string of the molecule is CCn1cc(S(=O)(=O)N(CC(F)(F)F)C2CC2)cc1CO. The van der Waals surface area contributed by atoms with Crippen LogP contribution in [0.25, 0.3) is 0 Å². The van der Waals surface area contributed by atoms with Gasteiger partial charge in [-0.2, -0.15) is 17.5 Å². The molecule has 1 fully saturated rings. The number of sulfonamides is 1. The Kier molecular flexibility index (Phi) is 4.36. The van der Waals surface area contributed by atoms with Gasteiger partial charge in [0.05, 0.1) is 6.61 Å². The highest BCUT2D eigenvalue weighted by Crippen LogP contribution is 2.35. The molecule has 1 aromatic heterocycles. The molecule has 1 saturated carbocycles. The van der Waals surface area contributed by atoms with Gasteiger partial charge in [0, 0.05) is 24.5 Å². The maximum Gasteiger partial charge on any atom is 0.402 e. The molecule has 0 aromatic carbocycles. The van der Waals surface area contributed by atoms with E-state index in [1.165, 1.54) is 16.8 Å². The van der Waals surface area contributed by atoms with Gasteiger partial charge in [-0.05, 0) is 25.8 Å². The summed E-state index contributed by atoms with van der Waals surface area (Å²) in [6, 6.07) is 0.643. The predicted octanol–water partition coefficient (Wildman–Crippen LogP) is 1.72. The summed E-state index contributed by atoms with van der Waals surface area (Å²) < 4.78 is 64.7. The number of halogens is 3. The van der Waals surface area contributed by atoms with Gasteiger partial charge in [0.2, 0.25) is 10.0 Å². The van der Waals surface area contributed by atoms with Crippen LogP contribution in [0.3, 0.4) is 0 Å². The predicted molar refractivity (Wildman–Crippen MR) is 69.0 cm³/mol. The van der Waals surface area contributed by atoms with Crippen LogP contribution in [0.2, 0.25) is 0 Å². The van der Waals surface area contributed by atoms with Crippen LogP contribution in [0, 0.1) is 0 Å². The number of nitrogens with zero attached hydrogens (tertiary/aromatic N) is 2. The molecule has 0 aliphatic heterocycles. The third kappa shape index (κ3) is 3.58. The summed E-state index contributed by atoms with van der Waals surface area (Å²) in [5, 5.41) is 9.17. The summed E-state index contributed by atoms with van der Waals surface area (Å²) in [4.78, 5) is -0.204. The van der Waals surface area contributed by atoms with Gasteiger partial charge in [-0.15, -0.1) is 0 Å². The molecule has 21 heavy (non-hydrogen) atoms. The standard InChI is InChI=1S/C12H17F3N2O3S/c1-2-16-6-11(5-10(16)7-18)21(19,20)17(9-3-4-9)8-12(13,14)15/h5-6,9,18H,2-4,7-8H2,1H3. The molecular formula is C12H17F3N2O3S. The van der Waals surface area contributed by atoms with Crippen LogP contribution in [0.5, 0.6) is 0 Å². The van der Waals surface area contributed by atoms with Crippen molar-refractivity contribution in [1.82, 2.24) is 8.87 Å². The average Bonchev–Trinajstić information content (AvgIpc) is 3.12. The lowest BCUT2D eigenvalue weighted by molar-refractivity contribution is -0.137. The monoisotopic (exact) mass is 326 g/mol. The first kappa shape index (κ1) is 16.3. The molecular weight excluding hydrogens is 309 g/mol. The third-order valence-electron chi connectivity index (χ3n) is 3.36. The van der Waals surface area contributed by atoms with E-state index in [0.29, 0.717) is 29.4 Å². The number of aliphatic hydroxyl groups excluding tert-OH is 1. The van der Waals surface area contributed by atoms with Crippen molar-refractivity contribution in [1.29, 1.82) is 0 Å². The molecule has 5 nitrogen and oxygen atoms in total. The van der Waals surface area contributed by atoms with Crippen LogP contribution in [0.15, 0.2) is 17.2 Å². The number of aliphatic hydroxyl groups is 1. The van der Waals surface area contributed by atoms with Gasteiger partial charge in [0.15, 0.2) is 0 Å². The molecule has 9 heteroatoms. The van der Waals surface area contributed by atoms with Gasteiger partial charge >= 0.3 is 6.18 Å². The minimum Gasteiger partial charge on any atom is -0.390 e. The molecule has 1 heterocycles. The molecule has 0 saturated heterocycles. The minimum absolute atomic E-state index is 0.204. The summed E-state index contributed by atoms with van der Waals surface area (Å²) in [5.41, 5.74) is 0.360. The molecule has 0 bridgehead atoms. The van der Waals surface area contributed by atoms with E-state index in [9.17, 15) is 21.6 Å². The topological polar surface area (TPSA) is 62.5 Å². The van der Waals surface area contributed by atoms with Gasteiger partial charge in [-0.3, -0.25) is 0 Å². The fraction of sp³-hybridized carbons (Fsp3) is 0.667. The largest absolute Gasteiger partial charge is 0.402 e. The number of aromatic nitrogens is 1. The number of rotatable bonds is 6. The highest BCUT2D eigenvalue weighted by molar-refractivity contribution is 7.89. The summed E-state index contributed by atoms with van der Waals surface area (Å²) in [5.74, 6) is 0. The lowest BCUT2D eigenvalue weighted by atomic mass is 10.4. The fourth-order valence-electron chi connectivity index (χ4n) is 2.18. The van der Waals surface area contributed by atoms with Crippen LogP contribution < -0.4 is 0 Å². The summed E-state index contributed by atoms with van der Waals surface area (Å²) >= 11 is 0. The van der Waals surface area contributed by atoms with Crippen molar-refractivity contribution in [3.8, 4) is 0 Å². The van der Waals surface area contributed by atoms with E-state index in [4.69, 9.17) is 5.11 Å².